The summed E-state index contributed by atoms with van der Waals surface area (Å²) in [4.78, 5) is 0. The minimum atomic E-state index is 0. The minimum absolute atomic E-state index is 0. The van der Waals surface area contributed by atoms with Gasteiger partial charge in [0, 0.05) is 0 Å². The molecule has 0 saturated heterocycles. The molecular formula is CH3NaO2S-2. The predicted molar refractivity (Wildman–Crippen MR) is 17.5 cm³/mol. The number of hydrogen-bond acceptors (Lipinski definition) is 3. The second-order valence-electron chi connectivity index (χ2n) is 0. The largest absolute Gasteiger partial charge is 1.00 e. The molecule has 0 aliphatic rings. The van der Waals surface area contributed by atoms with Gasteiger partial charge in [0.2, 0.25) is 0 Å². The molecule has 0 atom stereocenters. The van der Waals surface area contributed by atoms with Crippen molar-refractivity contribution in [1.29, 1.82) is 0 Å². The van der Waals surface area contributed by atoms with Crippen LogP contribution in [0.15, 0.2) is 0 Å². The second-order valence-corrected chi connectivity index (χ2v) is 0. The zero-order chi connectivity index (χ0) is 2.00. The zero-order valence-electron chi connectivity index (χ0n) is 2.88. The van der Waals surface area contributed by atoms with Crippen LogP contribution < -0.4 is 29.6 Å². The monoisotopic (exact) mass is 102 g/mol. The Morgan fingerprint density at radius 3 is 1.00 bits per heavy atom. The Hall–Kier alpha value is 1.01. The van der Waals surface area contributed by atoms with E-state index in [2.05, 4.69) is 18.1 Å². The average Bonchev–Trinajstić information content (AvgIpc) is 1.00. The summed E-state index contributed by atoms with van der Waals surface area (Å²) >= 11 is 3.58. The van der Waals surface area contributed by atoms with E-state index in [9.17, 15) is 0 Å². The first kappa shape index (κ1) is 37.3. The topological polar surface area (TPSA) is 60.0 Å². The van der Waals surface area contributed by atoms with Crippen LogP contribution in [0.1, 0.15) is 0 Å². The third kappa shape index (κ3) is 44.5. The van der Waals surface area contributed by atoms with Crippen LogP contribution >= 0.6 is 12.2 Å². The van der Waals surface area contributed by atoms with Crippen LogP contribution in [0.25, 0.3) is 0 Å². The van der Waals surface area contributed by atoms with Crippen molar-refractivity contribution < 1.29 is 40.5 Å². The number of rotatable bonds is 0. The van der Waals surface area contributed by atoms with E-state index in [0.29, 0.717) is 0 Å². The second kappa shape index (κ2) is 79.0. The van der Waals surface area contributed by atoms with Gasteiger partial charge in [0.05, 0.1) is 0 Å². The van der Waals surface area contributed by atoms with Crippen molar-refractivity contribution >= 4 is 18.1 Å². The Morgan fingerprint density at radius 2 is 1.00 bits per heavy atom. The van der Waals surface area contributed by atoms with Gasteiger partial charge < -0.3 is 29.0 Å². The Balaban J connectivity index is -0.00000000167. The van der Waals surface area contributed by atoms with E-state index >= 15 is 0 Å². The summed E-state index contributed by atoms with van der Waals surface area (Å²) in [5.41, 5.74) is 0. The Labute approximate surface area is 58.5 Å². The van der Waals surface area contributed by atoms with Crippen LogP contribution in [0.3, 0.4) is 0 Å². The molecule has 0 saturated carbocycles. The summed E-state index contributed by atoms with van der Waals surface area (Å²) in [5, 5.41) is 0. The van der Waals surface area contributed by atoms with Gasteiger partial charge in [-0.05, 0) is 0 Å². The maximum Gasteiger partial charge on any atom is 1.00 e. The fourth-order valence-electron chi connectivity index (χ4n) is 0. The van der Waals surface area contributed by atoms with Gasteiger partial charge in [-0.2, -0.15) is 0 Å². The standard InChI is InChI=1S/CHS.Na.2H2O/c1-2;;;/h1H;;2*1H2/q-1;+1;;/p-2. The van der Waals surface area contributed by atoms with Crippen molar-refractivity contribution in [1.82, 2.24) is 0 Å². The van der Waals surface area contributed by atoms with Gasteiger partial charge in [-0.15, -0.1) is 0 Å². The van der Waals surface area contributed by atoms with Gasteiger partial charge >= 0.3 is 29.6 Å². The van der Waals surface area contributed by atoms with Crippen molar-refractivity contribution in [2.24, 2.45) is 0 Å². The van der Waals surface area contributed by atoms with E-state index in [-0.39, 0.29) is 40.5 Å². The minimum Gasteiger partial charge on any atom is -0.870 e. The fraction of sp³-hybridized carbons (Fsp3) is 0. The first-order valence-corrected chi connectivity index (χ1v) is 0.707. The molecule has 4 heteroatoms. The van der Waals surface area contributed by atoms with E-state index < -0.39 is 0 Å². The van der Waals surface area contributed by atoms with E-state index in [1.165, 1.54) is 0 Å². The molecule has 0 radical (unpaired) electrons. The molecule has 0 fully saturated rings. The van der Waals surface area contributed by atoms with Crippen LogP contribution in [-0.4, -0.2) is 16.8 Å². The molecule has 0 aromatic heterocycles. The molecule has 0 amide bonds. The smallest absolute Gasteiger partial charge is 0.870 e. The van der Waals surface area contributed by atoms with Crippen molar-refractivity contribution in [3.05, 3.63) is 0 Å². The molecule has 0 rings (SSSR count). The van der Waals surface area contributed by atoms with Crippen LogP contribution in [0.5, 0.6) is 0 Å². The summed E-state index contributed by atoms with van der Waals surface area (Å²) in [7, 11) is 0. The summed E-state index contributed by atoms with van der Waals surface area (Å²) in [6.07, 6.45) is 0. The molecule has 0 aliphatic carbocycles. The van der Waals surface area contributed by atoms with Gasteiger partial charge in [0.1, 0.15) is 0 Å². The normalized spacial score (nSPS) is 0.800. The van der Waals surface area contributed by atoms with Crippen LogP contribution in [0.4, 0.5) is 0 Å². The van der Waals surface area contributed by atoms with Crippen molar-refractivity contribution in [2.45, 2.75) is 0 Å². The van der Waals surface area contributed by atoms with Gasteiger partial charge in [-0.1, -0.05) is 0 Å². The molecule has 0 aromatic rings. The van der Waals surface area contributed by atoms with Crippen LogP contribution in [0.2, 0.25) is 0 Å². The van der Waals surface area contributed by atoms with E-state index in [0.717, 1.165) is 0 Å². The molecule has 0 aliphatic heterocycles. The van der Waals surface area contributed by atoms with Crippen molar-refractivity contribution in [3.63, 3.8) is 0 Å². The third-order valence-corrected chi connectivity index (χ3v) is 0. The molecule has 0 heterocycles. The number of thiocarbonyl (C=S) groups is 1. The molecule has 0 bridgehead atoms. The van der Waals surface area contributed by atoms with E-state index in [4.69, 9.17) is 0 Å². The Morgan fingerprint density at radius 1 is 1.00 bits per heavy atom. The molecular weight excluding hydrogens is 99.1 g/mol. The molecule has 2 N–H and O–H groups in total. The summed E-state index contributed by atoms with van der Waals surface area (Å²) in [5.74, 6) is 4.08. The molecule has 0 spiro atoms. The van der Waals surface area contributed by atoms with Gasteiger partial charge in [0.25, 0.3) is 0 Å². The number of hydrogen-bond donors (Lipinski definition) is 0. The first-order chi connectivity index (χ1) is 1.00. The summed E-state index contributed by atoms with van der Waals surface area (Å²) in [6, 6.07) is 0. The predicted octanol–water partition coefficient (Wildman–Crippen LogP) is -2.86. The average molecular weight is 102 g/mol. The van der Waals surface area contributed by atoms with E-state index in [1.54, 1.807) is 0 Å². The van der Waals surface area contributed by atoms with Gasteiger partial charge in [-0.25, -0.2) is 0 Å². The Bertz CT molecular complexity index is 9.61. The fourth-order valence-corrected chi connectivity index (χ4v) is 0. The maximum absolute atomic E-state index is 4.08. The Kier molecular flexibility index (Phi) is 590. The van der Waals surface area contributed by atoms with Gasteiger partial charge in [0.15, 0.2) is 0 Å². The molecule has 5 heavy (non-hydrogen) atoms. The van der Waals surface area contributed by atoms with Gasteiger partial charge in [-0.3, -0.25) is 0 Å². The molecule has 0 unspecified atom stereocenters. The maximum atomic E-state index is 4.08. The molecule has 28 valence electrons. The first-order valence-electron chi connectivity index (χ1n) is 0.236. The summed E-state index contributed by atoms with van der Waals surface area (Å²) < 4.78 is 0. The van der Waals surface area contributed by atoms with Crippen molar-refractivity contribution in [2.75, 3.05) is 0 Å². The van der Waals surface area contributed by atoms with Crippen molar-refractivity contribution in [3.8, 4) is 0 Å². The molecule has 2 nitrogen and oxygen atoms in total. The molecule has 0 aromatic carbocycles. The SMILES string of the molecule is [CH-]=S.[Na+].[OH-].[OH-]. The quantitative estimate of drug-likeness (QED) is 0.188. The summed E-state index contributed by atoms with van der Waals surface area (Å²) in [6.45, 7) is 0. The van der Waals surface area contributed by atoms with Crippen LogP contribution in [0, 0.1) is 0 Å². The van der Waals surface area contributed by atoms with E-state index in [1.807, 2.05) is 0 Å². The zero-order valence-corrected chi connectivity index (χ0v) is 5.70. The van der Waals surface area contributed by atoms with Crippen LogP contribution in [-0.2, 0) is 0 Å². The third-order valence-electron chi connectivity index (χ3n) is 0.